The standard InChI is InChI=1S/C7H10O2/c1-9-7-3-2-6(4-7)5-8/h4-5,7H,2-3H2,1H3. The summed E-state index contributed by atoms with van der Waals surface area (Å²) in [7, 11) is 1.66. The fourth-order valence-corrected chi connectivity index (χ4v) is 0.998. The Kier molecular flexibility index (Phi) is 2.01. The van der Waals surface area contributed by atoms with Gasteiger partial charge in [-0.1, -0.05) is 0 Å². The smallest absolute Gasteiger partial charge is 0.145 e. The third kappa shape index (κ3) is 1.39. The number of allylic oxidation sites excluding steroid dienone is 1. The Morgan fingerprint density at radius 1 is 1.89 bits per heavy atom. The fraction of sp³-hybridized carbons (Fsp3) is 0.571. The van der Waals surface area contributed by atoms with Crippen LogP contribution in [0.2, 0.25) is 0 Å². The highest BCUT2D eigenvalue weighted by Crippen LogP contribution is 2.17. The molecule has 1 atom stereocenters. The monoisotopic (exact) mass is 126 g/mol. The summed E-state index contributed by atoms with van der Waals surface area (Å²) in [5.41, 5.74) is 0.877. The van der Waals surface area contributed by atoms with Crippen molar-refractivity contribution in [2.45, 2.75) is 18.9 Å². The van der Waals surface area contributed by atoms with Crippen molar-refractivity contribution in [2.24, 2.45) is 0 Å². The summed E-state index contributed by atoms with van der Waals surface area (Å²) in [6.45, 7) is 0. The lowest BCUT2D eigenvalue weighted by atomic mass is 10.3. The first-order chi connectivity index (χ1) is 4.36. The molecular formula is C7H10O2. The van der Waals surface area contributed by atoms with E-state index in [1.54, 1.807) is 7.11 Å². The van der Waals surface area contributed by atoms with Crippen LogP contribution in [0.5, 0.6) is 0 Å². The molecule has 2 nitrogen and oxygen atoms in total. The van der Waals surface area contributed by atoms with E-state index in [1.165, 1.54) is 0 Å². The molecule has 2 heteroatoms. The van der Waals surface area contributed by atoms with Crippen molar-refractivity contribution in [3.63, 3.8) is 0 Å². The van der Waals surface area contributed by atoms with Gasteiger partial charge in [-0.3, -0.25) is 4.79 Å². The maximum absolute atomic E-state index is 10.1. The van der Waals surface area contributed by atoms with Crippen LogP contribution < -0.4 is 0 Å². The molecule has 1 rings (SSSR count). The first-order valence-electron chi connectivity index (χ1n) is 3.05. The van der Waals surface area contributed by atoms with Crippen molar-refractivity contribution in [1.29, 1.82) is 0 Å². The number of carbonyl (C=O) groups excluding carboxylic acids is 1. The average molecular weight is 126 g/mol. The predicted octanol–water partition coefficient (Wildman–Crippen LogP) is 0.921. The molecule has 0 aromatic heterocycles. The quantitative estimate of drug-likeness (QED) is 0.514. The first kappa shape index (κ1) is 6.49. The van der Waals surface area contributed by atoms with E-state index in [0.29, 0.717) is 0 Å². The van der Waals surface area contributed by atoms with E-state index >= 15 is 0 Å². The van der Waals surface area contributed by atoms with E-state index in [-0.39, 0.29) is 6.10 Å². The summed E-state index contributed by atoms with van der Waals surface area (Å²) >= 11 is 0. The Balaban J connectivity index is 2.49. The molecule has 50 valence electrons. The SMILES string of the molecule is COC1C=C(C=O)CC1. The van der Waals surface area contributed by atoms with Crippen LogP contribution in [-0.2, 0) is 9.53 Å². The summed E-state index contributed by atoms with van der Waals surface area (Å²) in [5, 5.41) is 0. The Bertz CT molecular complexity index is 138. The number of aldehydes is 1. The van der Waals surface area contributed by atoms with Gasteiger partial charge in [-0.05, 0) is 24.5 Å². The van der Waals surface area contributed by atoms with E-state index in [1.807, 2.05) is 6.08 Å². The summed E-state index contributed by atoms with van der Waals surface area (Å²) in [6, 6.07) is 0. The largest absolute Gasteiger partial charge is 0.377 e. The molecule has 0 N–H and O–H groups in total. The highest BCUT2D eigenvalue weighted by Gasteiger charge is 2.13. The van der Waals surface area contributed by atoms with Crippen LogP contribution in [0, 0.1) is 0 Å². The number of methoxy groups -OCH3 is 1. The van der Waals surface area contributed by atoms with Gasteiger partial charge in [0.15, 0.2) is 0 Å². The fourth-order valence-electron chi connectivity index (χ4n) is 0.998. The number of hydrogen-bond acceptors (Lipinski definition) is 2. The molecule has 1 aliphatic rings. The van der Waals surface area contributed by atoms with Crippen molar-refractivity contribution in [3.8, 4) is 0 Å². The molecule has 0 aromatic rings. The van der Waals surface area contributed by atoms with Gasteiger partial charge in [0.1, 0.15) is 6.29 Å². The maximum Gasteiger partial charge on any atom is 0.145 e. The van der Waals surface area contributed by atoms with Crippen LogP contribution in [0.3, 0.4) is 0 Å². The Morgan fingerprint density at radius 2 is 2.67 bits per heavy atom. The molecular weight excluding hydrogens is 116 g/mol. The second-order valence-electron chi connectivity index (χ2n) is 2.17. The van der Waals surface area contributed by atoms with Crippen LogP contribution in [0.25, 0.3) is 0 Å². The molecule has 0 radical (unpaired) electrons. The summed E-state index contributed by atoms with van der Waals surface area (Å²) in [4.78, 5) is 10.1. The molecule has 1 aliphatic carbocycles. The zero-order valence-corrected chi connectivity index (χ0v) is 5.46. The minimum absolute atomic E-state index is 0.185. The molecule has 0 saturated heterocycles. The lowest BCUT2D eigenvalue weighted by molar-refractivity contribution is -0.105. The molecule has 0 aromatic carbocycles. The second-order valence-corrected chi connectivity index (χ2v) is 2.17. The van der Waals surface area contributed by atoms with E-state index in [2.05, 4.69) is 0 Å². The third-order valence-electron chi connectivity index (χ3n) is 1.57. The molecule has 0 heterocycles. The molecule has 0 fully saturated rings. The molecule has 0 amide bonds. The van der Waals surface area contributed by atoms with Gasteiger partial charge in [-0.25, -0.2) is 0 Å². The van der Waals surface area contributed by atoms with Gasteiger partial charge >= 0.3 is 0 Å². The maximum atomic E-state index is 10.1. The minimum atomic E-state index is 0.185. The van der Waals surface area contributed by atoms with E-state index < -0.39 is 0 Å². The molecule has 1 unspecified atom stereocenters. The van der Waals surface area contributed by atoms with Crippen LogP contribution in [0.1, 0.15) is 12.8 Å². The molecule has 0 saturated carbocycles. The number of carbonyl (C=O) groups is 1. The highest BCUT2D eigenvalue weighted by molar-refractivity contribution is 5.74. The Hall–Kier alpha value is -0.630. The zero-order valence-electron chi connectivity index (χ0n) is 5.46. The van der Waals surface area contributed by atoms with Crippen molar-refractivity contribution in [2.75, 3.05) is 7.11 Å². The first-order valence-corrected chi connectivity index (χ1v) is 3.05. The van der Waals surface area contributed by atoms with Gasteiger partial charge in [0.05, 0.1) is 6.10 Å². The zero-order chi connectivity index (χ0) is 6.69. The van der Waals surface area contributed by atoms with Gasteiger partial charge in [0.25, 0.3) is 0 Å². The van der Waals surface area contributed by atoms with Crippen molar-refractivity contribution < 1.29 is 9.53 Å². The van der Waals surface area contributed by atoms with Gasteiger partial charge < -0.3 is 4.74 Å². The third-order valence-corrected chi connectivity index (χ3v) is 1.57. The average Bonchev–Trinajstić information content (AvgIpc) is 2.34. The van der Waals surface area contributed by atoms with Crippen molar-refractivity contribution in [1.82, 2.24) is 0 Å². The van der Waals surface area contributed by atoms with Gasteiger partial charge in [0.2, 0.25) is 0 Å². The second kappa shape index (κ2) is 2.78. The topological polar surface area (TPSA) is 26.3 Å². The Morgan fingerprint density at radius 3 is 3.00 bits per heavy atom. The van der Waals surface area contributed by atoms with Crippen LogP contribution in [0.15, 0.2) is 11.6 Å². The molecule has 9 heavy (non-hydrogen) atoms. The van der Waals surface area contributed by atoms with Gasteiger partial charge in [-0.15, -0.1) is 0 Å². The molecule has 0 aliphatic heterocycles. The minimum Gasteiger partial charge on any atom is -0.377 e. The van der Waals surface area contributed by atoms with Crippen LogP contribution >= 0.6 is 0 Å². The summed E-state index contributed by atoms with van der Waals surface area (Å²) in [6.07, 6.45) is 4.81. The Labute approximate surface area is 54.5 Å². The van der Waals surface area contributed by atoms with E-state index in [0.717, 1.165) is 24.7 Å². The lowest BCUT2D eigenvalue weighted by Crippen LogP contribution is -2.00. The number of hydrogen-bond donors (Lipinski definition) is 0. The van der Waals surface area contributed by atoms with Crippen LogP contribution in [-0.4, -0.2) is 19.5 Å². The lowest BCUT2D eigenvalue weighted by Gasteiger charge is -2.00. The molecule has 0 bridgehead atoms. The van der Waals surface area contributed by atoms with E-state index in [9.17, 15) is 4.79 Å². The summed E-state index contributed by atoms with van der Waals surface area (Å²) in [5.74, 6) is 0. The van der Waals surface area contributed by atoms with Gasteiger partial charge in [0, 0.05) is 7.11 Å². The van der Waals surface area contributed by atoms with Gasteiger partial charge in [-0.2, -0.15) is 0 Å². The number of ether oxygens (including phenoxy) is 1. The number of rotatable bonds is 2. The normalized spacial score (nSPS) is 25.9. The van der Waals surface area contributed by atoms with Crippen LogP contribution in [0.4, 0.5) is 0 Å². The van der Waals surface area contributed by atoms with E-state index in [4.69, 9.17) is 4.74 Å². The van der Waals surface area contributed by atoms with Crippen molar-refractivity contribution in [3.05, 3.63) is 11.6 Å². The predicted molar refractivity (Wildman–Crippen MR) is 34.2 cm³/mol. The highest BCUT2D eigenvalue weighted by atomic mass is 16.5. The summed E-state index contributed by atoms with van der Waals surface area (Å²) < 4.78 is 5.01. The van der Waals surface area contributed by atoms with Crippen molar-refractivity contribution >= 4 is 6.29 Å². The molecule has 0 spiro atoms.